The second kappa shape index (κ2) is 6.33. The van der Waals surface area contributed by atoms with E-state index in [4.69, 9.17) is 5.14 Å². The van der Waals surface area contributed by atoms with Gasteiger partial charge in [0.15, 0.2) is 0 Å². The molecule has 24 heavy (non-hydrogen) atoms. The molecule has 0 saturated carbocycles. The van der Waals surface area contributed by atoms with Crippen molar-refractivity contribution >= 4 is 26.7 Å². The molecule has 0 spiro atoms. The van der Waals surface area contributed by atoms with Gasteiger partial charge >= 0.3 is 0 Å². The van der Waals surface area contributed by atoms with Gasteiger partial charge in [-0.05, 0) is 6.07 Å². The summed E-state index contributed by atoms with van der Waals surface area (Å²) < 4.78 is 23.6. The molecular formula is C15H18N4O4S. The number of sulfonamides is 1. The number of primary sulfonamides is 1. The van der Waals surface area contributed by atoms with E-state index in [9.17, 15) is 18.0 Å². The Labute approximate surface area is 138 Å². The van der Waals surface area contributed by atoms with Crippen LogP contribution in [0.3, 0.4) is 0 Å². The van der Waals surface area contributed by atoms with Crippen LogP contribution < -0.4 is 10.7 Å². The molecule has 1 aromatic heterocycles. The average molecular weight is 350 g/mol. The number of nitrogens with zero attached hydrogens (tertiary/aromatic N) is 3. The number of carbonyl (C=O) groups is 1. The molecule has 0 aliphatic carbocycles. The van der Waals surface area contributed by atoms with E-state index in [-0.39, 0.29) is 36.1 Å². The first-order chi connectivity index (χ1) is 11.3. The summed E-state index contributed by atoms with van der Waals surface area (Å²) in [7, 11) is -3.60. The average Bonchev–Trinajstić information content (AvgIpc) is 2.84. The molecule has 2 aromatic rings. The summed E-state index contributed by atoms with van der Waals surface area (Å²) >= 11 is 0. The van der Waals surface area contributed by atoms with Gasteiger partial charge in [-0.15, -0.1) is 0 Å². The Kier molecular flexibility index (Phi) is 4.37. The zero-order chi connectivity index (χ0) is 17.3. The van der Waals surface area contributed by atoms with Crippen LogP contribution in [-0.4, -0.2) is 47.8 Å². The first-order valence-electron chi connectivity index (χ1n) is 7.56. The highest BCUT2D eigenvalue weighted by Gasteiger charge is 2.31. The molecular weight excluding hydrogens is 332 g/mol. The van der Waals surface area contributed by atoms with Crippen molar-refractivity contribution in [3.8, 4) is 0 Å². The molecule has 1 aliphatic rings. The topological polar surface area (TPSA) is 115 Å². The van der Waals surface area contributed by atoms with E-state index < -0.39 is 10.0 Å². The molecule has 1 aromatic carbocycles. The van der Waals surface area contributed by atoms with Crippen LogP contribution in [0.2, 0.25) is 0 Å². The third-order valence-corrected chi connectivity index (χ3v) is 5.04. The van der Waals surface area contributed by atoms with Gasteiger partial charge in [0.1, 0.15) is 0 Å². The molecule has 0 bridgehead atoms. The van der Waals surface area contributed by atoms with E-state index in [0.717, 1.165) is 5.39 Å². The van der Waals surface area contributed by atoms with Gasteiger partial charge < -0.3 is 4.90 Å². The smallest absolute Gasteiger partial charge is 0.274 e. The highest BCUT2D eigenvalue weighted by atomic mass is 32.2. The van der Waals surface area contributed by atoms with Crippen LogP contribution >= 0.6 is 0 Å². The first kappa shape index (κ1) is 16.6. The lowest BCUT2D eigenvalue weighted by Gasteiger charge is -2.16. The number of amides is 1. The monoisotopic (exact) mass is 350 g/mol. The summed E-state index contributed by atoms with van der Waals surface area (Å²) in [5, 5.41) is 10.5. The van der Waals surface area contributed by atoms with Gasteiger partial charge in [0.2, 0.25) is 15.9 Å². The van der Waals surface area contributed by atoms with Crippen molar-refractivity contribution in [3.63, 3.8) is 0 Å². The van der Waals surface area contributed by atoms with E-state index in [1.54, 1.807) is 23.2 Å². The Balaban J connectivity index is 1.69. The van der Waals surface area contributed by atoms with Gasteiger partial charge in [-0.25, -0.2) is 18.2 Å². The van der Waals surface area contributed by atoms with Crippen LogP contribution in [-0.2, 0) is 21.4 Å². The maximum Gasteiger partial charge on any atom is 0.274 e. The van der Waals surface area contributed by atoms with Crippen molar-refractivity contribution in [3.05, 3.63) is 40.8 Å². The van der Waals surface area contributed by atoms with Crippen LogP contribution in [0.15, 0.2) is 35.3 Å². The summed E-state index contributed by atoms with van der Waals surface area (Å²) in [6, 6.07) is 7.17. The number of hydrogen-bond donors (Lipinski definition) is 1. The van der Waals surface area contributed by atoms with Crippen LogP contribution in [0.25, 0.3) is 10.8 Å². The zero-order valence-corrected chi connectivity index (χ0v) is 13.8. The Bertz CT molecular complexity index is 938. The molecule has 2 N–H and O–H groups in total. The summed E-state index contributed by atoms with van der Waals surface area (Å²) in [6.45, 7) is 0.903. The molecule has 1 saturated heterocycles. The molecule has 1 atom stereocenters. The summed E-state index contributed by atoms with van der Waals surface area (Å²) in [4.78, 5) is 25.9. The molecule has 1 unspecified atom stereocenters. The van der Waals surface area contributed by atoms with Crippen molar-refractivity contribution in [1.82, 2.24) is 14.7 Å². The number of fused-ring (bicyclic) bond motifs is 1. The SMILES string of the molecule is NS(=O)(=O)CC1CC(=O)N(CCn2ncc3ccccc3c2=O)C1. The predicted molar refractivity (Wildman–Crippen MR) is 88.7 cm³/mol. The minimum atomic E-state index is -3.60. The van der Waals surface area contributed by atoms with Gasteiger partial charge in [-0.1, -0.05) is 18.2 Å². The normalized spacial score (nSPS) is 18.5. The van der Waals surface area contributed by atoms with Crippen LogP contribution in [0.1, 0.15) is 6.42 Å². The molecule has 1 fully saturated rings. The second-order valence-corrected chi connectivity index (χ2v) is 7.66. The predicted octanol–water partition coefficient (Wildman–Crippen LogP) is -0.466. The molecule has 0 radical (unpaired) electrons. The minimum Gasteiger partial charge on any atom is -0.341 e. The molecule has 8 nitrogen and oxygen atoms in total. The van der Waals surface area contributed by atoms with Crippen molar-refractivity contribution in [2.45, 2.75) is 13.0 Å². The quantitative estimate of drug-likeness (QED) is 0.783. The molecule has 128 valence electrons. The first-order valence-corrected chi connectivity index (χ1v) is 9.28. The highest BCUT2D eigenvalue weighted by Crippen LogP contribution is 2.18. The van der Waals surface area contributed by atoms with Gasteiger partial charge in [0.05, 0.1) is 23.9 Å². The molecule has 1 aliphatic heterocycles. The van der Waals surface area contributed by atoms with Crippen molar-refractivity contribution in [2.24, 2.45) is 11.1 Å². The highest BCUT2D eigenvalue weighted by molar-refractivity contribution is 7.89. The third kappa shape index (κ3) is 3.62. The fourth-order valence-corrected chi connectivity index (χ4v) is 3.89. The van der Waals surface area contributed by atoms with E-state index in [2.05, 4.69) is 5.10 Å². The Morgan fingerprint density at radius 2 is 1.96 bits per heavy atom. The fraction of sp³-hybridized carbons (Fsp3) is 0.400. The third-order valence-electron chi connectivity index (χ3n) is 4.11. The Morgan fingerprint density at radius 3 is 2.71 bits per heavy atom. The van der Waals surface area contributed by atoms with Gasteiger partial charge in [0, 0.05) is 30.8 Å². The maximum absolute atomic E-state index is 12.4. The number of hydrogen-bond acceptors (Lipinski definition) is 5. The van der Waals surface area contributed by atoms with E-state index in [1.165, 1.54) is 4.68 Å². The summed E-state index contributed by atoms with van der Waals surface area (Å²) in [6.07, 6.45) is 1.78. The maximum atomic E-state index is 12.4. The van der Waals surface area contributed by atoms with Crippen LogP contribution in [0.5, 0.6) is 0 Å². The fourth-order valence-electron chi connectivity index (χ4n) is 3.01. The van der Waals surface area contributed by atoms with Gasteiger partial charge in [0.25, 0.3) is 5.56 Å². The Morgan fingerprint density at radius 1 is 1.21 bits per heavy atom. The van der Waals surface area contributed by atoms with E-state index in [0.29, 0.717) is 18.5 Å². The van der Waals surface area contributed by atoms with Crippen molar-refractivity contribution in [1.29, 1.82) is 0 Å². The van der Waals surface area contributed by atoms with Gasteiger partial charge in [-0.3, -0.25) is 9.59 Å². The molecule has 2 heterocycles. The number of carbonyl (C=O) groups excluding carboxylic acids is 1. The number of likely N-dealkylation sites (tertiary alicyclic amines) is 1. The molecule has 9 heteroatoms. The standard InChI is InChI=1S/C15H18N4O4S/c16-24(22,23)10-11-7-14(20)18(9-11)5-6-19-15(21)13-4-2-1-3-12(13)8-17-19/h1-4,8,11H,5-7,9-10H2,(H2,16,22,23). The lowest BCUT2D eigenvalue weighted by Crippen LogP contribution is -2.33. The van der Waals surface area contributed by atoms with E-state index in [1.807, 2.05) is 12.1 Å². The number of benzene rings is 1. The number of nitrogens with two attached hydrogens (primary N) is 1. The minimum absolute atomic E-state index is 0.127. The summed E-state index contributed by atoms with van der Waals surface area (Å²) in [5.41, 5.74) is -0.208. The van der Waals surface area contributed by atoms with Crippen molar-refractivity contribution < 1.29 is 13.2 Å². The van der Waals surface area contributed by atoms with Crippen molar-refractivity contribution in [2.75, 3.05) is 18.8 Å². The lowest BCUT2D eigenvalue weighted by atomic mass is 10.1. The number of aromatic nitrogens is 2. The lowest BCUT2D eigenvalue weighted by molar-refractivity contribution is -0.127. The zero-order valence-electron chi connectivity index (χ0n) is 13.0. The summed E-state index contributed by atoms with van der Waals surface area (Å²) in [5.74, 6) is -0.630. The van der Waals surface area contributed by atoms with Crippen LogP contribution in [0.4, 0.5) is 0 Å². The molecule has 1 amide bonds. The van der Waals surface area contributed by atoms with Crippen LogP contribution in [0, 0.1) is 5.92 Å². The van der Waals surface area contributed by atoms with Gasteiger partial charge in [-0.2, -0.15) is 5.10 Å². The Hall–Kier alpha value is -2.26. The largest absolute Gasteiger partial charge is 0.341 e. The molecule has 3 rings (SSSR count). The van der Waals surface area contributed by atoms with E-state index >= 15 is 0 Å². The second-order valence-electron chi connectivity index (χ2n) is 6.00. The number of rotatable bonds is 5.